The molecule has 21 heavy (non-hydrogen) atoms. The van der Waals surface area contributed by atoms with Gasteiger partial charge in [0.25, 0.3) is 0 Å². The highest BCUT2D eigenvalue weighted by atomic mass is 16.5. The Morgan fingerprint density at radius 3 is 2.62 bits per heavy atom. The molecular weight excluding hydrogens is 260 g/mol. The maximum Gasteiger partial charge on any atom is 0.0593 e. The van der Waals surface area contributed by atoms with Crippen molar-refractivity contribution in [1.29, 1.82) is 0 Å². The molecule has 0 bridgehead atoms. The van der Waals surface area contributed by atoms with Crippen LogP contribution in [0.4, 0.5) is 0 Å². The summed E-state index contributed by atoms with van der Waals surface area (Å²) in [5.41, 5.74) is 0.263. The van der Waals surface area contributed by atoms with E-state index in [1.54, 1.807) is 0 Å². The first-order chi connectivity index (χ1) is 10.1. The van der Waals surface area contributed by atoms with Gasteiger partial charge in [0, 0.05) is 37.8 Å². The molecule has 3 nitrogen and oxygen atoms in total. The van der Waals surface area contributed by atoms with Crippen molar-refractivity contribution < 1.29 is 4.74 Å². The van der Waals surface area contributed by atoms with Crippen molar-refractivity contribution in [2.75, 3.05) is 32.8 Å². The second kappa shape index (κ2) is 8.50. The van der Waals surface area contributed by atoms with Crippen LogP contribution in [0.25, 0.3) is 0 Å². The molecule has 0 spiro atoms. The number of piperazine rings is 1. The molecule has 2 fully saturated rings. The molecule has 3 heteroatoms. The molecule has 1 saturated heterocycles. The second-order valence-electron chi connectivity index (χ2n) is 7.61. The summed E-state index contributed by atoms with van der Waals surface area (Å²) in [5, 5.41) is 3.84. The van der Waals surface area contributed by atoms with Crippen LogP contribution in [0.3, 0.4) is 0 Å². The standard InChI is InChI=1S/C18H36N2O/c1-4-5-12-21-13-11-20-14-17(19-15-18(20,2)3)16-9-7-6-8-10-16/h16-17,19H,4-15H2,1-3H3. The van der Waals surface area contributed by atoms with Crippen molar-refractivity contribution in [1.82, 2.24) is 10.2 Å². The van der Waals surface area contributed by atoms with E-state index in [2.05, 4.69) is 31.0 Å². The van der Waals surface area contributed by atoms with Crippen molar-refractivity contribution >= 4 is 0 Å². The smallest absolute Gasteiger partial charge is 0.0593 e. The van der Waals surface area contributed by atoms with Gasteiger partial charge in [0.1, 0.15) is 0 Å². The van der Waals surface area contributed by atoms with Gasteiger partial charge in [0.15, 0.2) is 0 Å². The van der Waals surface area contributed by atoms with Gasteiger partial charge in [-0.05, 0) is 39.0 Å². The van der Waals surface area contributed by atoms with Gasteiger partial charge in [-0.3, -0.25) is 4.90 Å². The minimum Gasteiger partial charge on any atom is -0.380 e. The Morgan fingerprint density at radius 2 is 1.90 bits per heavy atom. The highest BCUT2D eigenvalue weighted by Crippen LogP contribution is 2.30. The molecule has 1 saturated carbocycles. The number of nitrogens with zero attached hydrogens (tertiary/aromatic N) is 1. The summed E-state index contributed by atoms with van der Waals surface area (Å²) < 4.78 is 5.79. The summed E-state index contributed by atoms with van der Waals surface area (Å²) in [6, 6.07) is 0.703. The van der Waals surface area contributed by atoms with Gasteiger partial charge >= 0.3 is 0 Å². The number of rotatable bonds is 7. The van der Waals surface area contributed by atoms with E-state index in [4.69, 9.17) is 4.74 Å². The van der Waals surface area contributed by atoms with E-state index in [0.717, 1.165) is 32.2 Å². The molecule has 0 aromatic carbocycles. The third-order valence-corrected chi connectivity index (χ3v) is 5.44. The van der Waals surface area contributed by atoms with Crippen LogP contribution >= 0.6 is 0 Å². The van der Waals surface area contributed by atoms with Gasteiger partial charge in [0.05, 0.1) is 6.61 Å². The molecule has 1 atom stereocenters. The summed E-state index contributed by atoms with van der Waals surface area (Å²) in [5.74, 6) is 0.901. The Bertz CT molecular complexity index is 287. The Balaban J connectivity index is 1.78. The van der Waals surface area contributed by atoms with Crippen LogP contribution in [-0.2, 0) is 4.74 Å². The zero-order chi connectivity index (χ0) is 15.1. The molecule has 1 aliphatic carbocycles. The molecule has 0 amide bonds. The van der Waals surface area contributed by atoms with Crippen molar-refractivity contribution in [3.8, 4) is 0 Å². The van der Waals surface area contributed by atoms with E-state index in [1.165, 1.54) is 51.5 Å². The Kier molecular flexibility index (Phi) is 6.97. The van der Waals surface area contributed by atoms with Gasteiger partial charge in [-0.15, -0.1) is 0 Å². The molecule has 0 aromatic rings. The lowest BCUT2D eigenvalue weighted by Gasteiger charge is -2.48. The number of hydrogen-bond donors (Lipinski definition) is 1. The summed E-state index contributed by atoms with van der Waals surface area (Å²) in [6.07, 6.45) is 9.60. The van der Waals surface area contributed by atoms with Crippen molar-refractivity contribution in [2.24, 2.45) is 5.92 Å². The van der Waals surface area contributed by atoms with Crippen LogP contribution in [-0.4, -0.2) is 49.3 Å². The lowest BCUT2D eigenvalue weighted by molar-refractivity contribution is 0.0150. The highest BCUT2D eigenvalue weighted by molar-refractivity contribution is 4.95. The van der Waals surface area contributed by atoms with Gasteiger partial charge in [-0.1, -0.05) is 32.6 Å². The van der Waals surface area contributed by atoms with E-state index in [0.29, 0.717) is 6.04 Å². The van der Waals surface area contributed by atoms with Crippen LogP contribution in [0.15, 0.2) is 0 Å². The quantitative estimate of drug-likeness (QED) is 0.728. The maximum atomic E-state index is 5.79. The molecular formula is C18H36N2O. The van der Waals surface area contributed by atoms with Crippen molar-refractivity contribution in [2.45, 2.75) is 77.3 Å². The zero-order valence-electron chi connectivity index (χ0n) is 14.5. The fraction of sp³-hybridized carbons (Fsp3) is 1.00. The first-order valence-electron chi connectivity index (χ1n) is 9.19. The largest absolute Gasteiger partial charge is 0.380 e. The average Bonchev–Trinajstić information content (AvgIpc) is 2.49. The van der Waals surface area contributed by atoms with Crippen LogP contribution in [0.5, 0.6) is 0 Å². The molecule has 1 aliphatic heterocycles. The molecule has 1 heterocycles. The van der Waals surface area contributed by atoms with Crippen LogP contribution in [0.2, 0.25) is 0 Å². The number of ether oxygens (including phenoxy) is 1. The van der Waals surface area contributed by atoms with Gasteiger partial charge in [-0.2, -0.15) is 0 Å². The topological polar surface area (TPSA) is 24.5 Å². The average molecular weight is 296 g/mol. The summed E-state index contributed by atoms with van der Waals surface area (Å²) in [4.78, 5) is 2.66. The zero-order valence-corrected chi connectivity index (χ0v) is 14.5. The molecule has 1 N–H and O–H groups in total. The third kappa shape index (κ3) is 5.22. The first kappa shape index (κ1) is 17.2. The van der Waals surface area contributed by atoms with E-state index in [9.17, 15) is 0 Å². The van der Waals surface area contributed by atoms with E-state index in [1.807, 2.05) is 0 Å². The van der Waals surface area contributed by atoms with Gasteiger partial charge in [-0.25, -0.2) is 0 Å². The minimum atomic E-state index is 0.263. The van der Waals surface area contributed by atoms with Gasteiger partial charge in [0.2, 0.25) is 0 Å². The van der Waals surface area contributed by atoms with Crippen LogP contribution < -0.4 is 5.32 Å². The minimum absolute atomic E-state index is 0.263. The van der Waals surface area contributed by atoms with E-state index < -0.39 is 0 Å². The van der Waals surface area contributed by atoms with E-state index >= 15 is 0 Å². The second-order valence-corrected chi connectivity index (χ2v) is 7.61. The monoisotopic (exact) mass is 296 g/mol. The van der Waals surface area contributed by atoms with Crippen molar-refractivity contribution in [3.63, 3.8) is 0 Å². The molecule has 2 rings (SSSR count). The number of hydrogen-bond acceptors (Lipinski definition) is 3. The lowest BCUT2D eigenvalue weighted by atomic mass is 9.81. The fourth-order valence-corrected chi connectivity index (χ4v) is 3.81. The molecule has 0 aromatic heterocycles. The molecule has 2 aliphatic rings. The Hall–Kier alpha value is -0.120. The molecule has 1 unspecified atom stereocenters. The highest BCUT2D eigenvalue weighted by Gasteiger charge is 2.36. The molecule has 124 valence electrons. The predicted octanol–water partition coefficient (Wildman–Crippen LogP) is 3.44. The van der Waals surface area contributed by atoms with Crippen LogP contribution in [0.1, 0.15) is 65.7 Å². The number of unbranched alkanes of at least 4 members (excludes halogenated alkanes) is 1. The maximum absolute atomic E-state index is 5.79. The molecule has 0 radical (unpaired) electrons. The van der Waals surface area contributed by atoms with E-state index in [-0.39, 0.29) is 5.54 Å². The fourth-order valence-electron chi connectivity index (χ4n) is 3.81. The van der Waals surface area contributed by atoms with Gasteiger partial charge < -0.3 is 10.1 Å². The Morgan fingerprint density at radius 1 is 1.14 bits per heavy atom. The predicted molar refractivity (Wildman–Crippen MR) is 89.7 cm³/mol. The normalized spacial score (nSPS) is 27.9. The van der Waals surface area contributed by atoms with Crippen molar-refractivity contribution in [3.05, 3.63) is 0 Å². The number of nitrogens with one attached hydrogen (secondary N) is 1. The summed E-state index contributed by atoms with van der Waals surface area (Å²) in [6.45, 7) is 12.2. The lowest BCUT2D eigenvalue weighted by Crippen LogP contribution is -2.64. The summed E-state index contributed by atoms with van der Waals surface area (Å²) in [7, 11) is 0. The van der Waals surface area contributed by atoms with Crippen LogP contribution in [0, 0.1) is 5.92 Å². The third-order valence-electron chi connectivity index (χ3n) is 5.44. The first-order valence-corrected chi connectivity index (χ1v) is 9.19. The Labute approximate surface area is 131 Å². The SMILES string of the molecule is CCCCOCCN1CC(C2CCCCC2)NCC1(C)C. The summed E-state index contributed by atoms with van der Waals surface area (Å²) >= 11 is 0.